The Morgan fingerprint density at radius 2 is 2.10 bits per heavy atom. The minimum absolute atomic E-state index is 0.0741. The van der Waals surface area contributed by atoms with Gasteiger partial charge in [-0.1, -0.05) is 32.8 Å². The molecule has 6 heteroatoms. The van der Waals surface area contributed by atoms with Crippen molar-refractivity contribution in [1.29, 1.82) is 0 Å². The monoisotopic (exact) mass is 284 g/mol. The van der Waals surface area contributed by atoms with Crippen LogP contribution in [0.15, 0.2) is 5.11 Å². The second-order valence-corrected chi connectivity index (χ2v) is 6.60. The van der Waals surface area contributed by atoms with Gasteiger partial charge in [0.25, 0.3) is 0 Å². The van der Waals surface area contributed by atoms with Gasteiger partial charge in [0.15, 0.2) is 0 Å². The number of hydrogen-bond donors (Lipinski definition) is 1. The van der Waals surface area contributed by atoms with Gasteiger partial charge in [0.05, 0.1) is 18.2 Å². The van der Waals surface area contributed by atoms with Crippen molar-refractivity contribution in [3.8, 4) is 0 Å². The lowest BCUT2D eigenvalue weighted by Gasteiger charge is -2.38. The Bertz CT molecular complexity index is 342. The van der Waals surface area contributed by atoms with Gasteiger partial charge in [-0.15, -0.1) is 0 Å². The minimum atomic E-state index is -0.136. The summed E-state index contributed by atoms with van der Waals surface area (Å²) >= 11 is 0. The zero-order valence-electron chi connectivity index (χ0n) is 13.1. The second kappa shape index (κ2) is 7.84. The lowest BCUT2D eigenvalue weighted by molar-refractivity contribution is -0.197. The third kappa shape index (κ3) is 4.63. The molecule has 116 valence electrons. The molecule has 1 rings (SSSR count). The third-order valence-corrected chi connectivity index (χ3v) is 3.66. The highest BCUT2D eigenvalue weighted by atomic mass is 16.7. The van der Waals surface area contributed by atoms with E-state index in [4.69, 9.17) is 10.4 Å². The standard InChI is InChI=1S/C14H28N4O2/c1-11(2)7-14(5-6-19)8-13(9-16-17-15)20-18(14)10-12(3)4/h11-13,19H,5-10H2,1-4H3/t13-,14-/m1/s1. The smallest absolute Gasteiger partial charge is 0.0868 e. The van der Waals surface area contributed by atoms with Crippen molar-refractivity contribution in [2.45, 2.75) is 58.6 Å². The third-order valence-electron chi connectivity index (χ3n) is 3.66. The van der Waals surface area contributed by atoms with Crippen molar-refractivity contribution in [1.82, 2.24) is 5.06 Å². The van der Waals surface area contributed by atoms with Crippen LogP contribution in [0, 0.1) is 11.8 Å². The highest BCUT2D eigenvalue weighted by molar-refractivity contribution is 4.95. The Balaban J connectivity index is 2.90. The first-order valence-corrected chi connectivity index (χ1v) is 7.49. The molecule has 1 N–H and O–H groups in total. The Hall–Kier alpha value is -0.810. The molecular formula is C14H28N4O2. The molecule has 20 heavy (non-hydrogen) atoms. The summed E-state index contributed by atoms with van der Waals surface area (Å²) in [7, 11) is 0. The molecule has 0 aromatic heterocycles. The van der Waals surface area contributed by atoms with Crippen LogP contribution in [0.4, 0.5) is 0 Å². The first-order valence-electron chi connectivity index (χ1n) is 7.49. The zero-order valence-corrected chi connectivity index (χ0v) is 13.1. The SMILES string of the molecule is CC(C)CN1O[C@@H](CN=[N+]=[N-])C[C@@]1(CCO)CC(C)C. The van der Waals surface area contributed by atoms with E-state index in [1.165, 1.54) is 0 Å². The molecule has 6 nitrogen and oxygen atoms in total. The van der Waals surface area contributed by atoms with Gasteiger partial charge in [-0.05, 0) is 36.6 Å². The molecule has 0 bridgehead atoms. The van der Waals surface area contributed by atoms with Gasteiger partial charge in [0.2, 0.25) is 0 Å². The Morgan fingerprint density at radius 3 is 2.60 bits per heavy atom. The molecule has 0 amide bonds. The van der Waals surface area contributed by atoms with Crippen molar-refractivity contribution in [3.05, 3.63) is 10.4 Å². The van der Waals surface area contributed by atoms with E-state index in [0.717, 1.165) is 19.4 Å². The number of rotatable bonds is 8. The first-order chi connectivity index (χ1) is 9.43. The van der Waals surface area contributed by atoms with Crippen LogP contribution in [-0.4, -0.2) is 41.5 Å². The summed E-state index contributed by atoms with van der Waals surface area (Å²) in [5.41, 5.74) is 8.33. The minimum Gasteiger partial charge on any atom is -0.396 e. The molecule has 0 spiro atoms. The molecular weight excluding hydrogens is 256 g/mol. The van der Waals surface area contributed by atoms with E-state index in [1.807, 2.05) is 5.06 Å². The maximum Gasteiger partial charge on any atom is 0.0868 e. The fourth-order valence-corrected chi connectivity index (χ4v) is 3.13. The molecule has 0 unspecified atom stereocenters. The predicted molar refractivity (Wildman–Crippen MR) is 78.9 cm³/mol. The van der Waals surface area contributed by atoms with Gasteiger partial charge in [0.1, 0.15) is 0 Å². The van der Waals surface area contributed by atoms with Crippen LogP contribution in [0.1, 0.15) is 47.0 Å². The van der Waals surface area contributed by atoms with E-state index in [2.05, 4.69) is 37.7 Å². The van der Waals surface area contributed by atoms with Crippen molar-refractivity contribution < 1.29 is 9.94 Å². The van der Waals surface area contributed by atoms with Crippen LogP contribution in [-0.2, 0) is 4.84 Å². The van der Waals surface area contributed by atoms with E-state index in [9.17, 15) is 5.11 Å². The normalized spacial score (nSPS) is 27.2. The van der Waals surface area contributed by atoms with E-state index in [-0.39, 0.29) is 18.2 Å². The number of aliphatic hydroxyl groups is 1. The summed E-state index contributed by atoms with van der Waals surface area (Å²) < 4.78 is 0. The molecule has 0 aromatic rings. The summed E-state index contributed by atoms with van der Waals surface area (Å²) in [6.07, 6.45) is 2.42. The maximum atomic E-state index is 9.45. The van der Waals surface area contributed by atoms with Crippen LogP contribution < -0.4 is 0 Å². The molecule has 1 aliphatic rings. The quantitative estimate of drug-likeness (QED) is 0.422. The number of hydroxylamine groups is 2. The Kier molecular flexibility index (Phi) is 6.76. The van der Waals surface area contributed by atoms with E-state index in [0.29, 0.717) is 24.8 Å². The average molecular weight is 284 g/mol. The van der Waals surface area contributed by atoms with Gasteiger partial charge >= 0.3 is 0 Å². The average Bonchev–Trinajstić information content (AvgIpc) is 2.63. The zero-order chi connectivity index (χ0) is 15.2. The molecule has 0 saturated carbocycles. The lowest BCUT2D eigenvalue weighted by atomic mass is 9.81. The van der Waals surface area contributed by atoms with Gasteiger partial charge in [-0.2, -0.15) is 5.06 Å². The van der Waals surface area contributed by atoms with Crippen molar-refractivity contribution in [2.75, 3.05) is 19.7 Å². The molecule has 0 radical (unpaired) electrons. The first kappa shape index (κ1) is 17.2. The van der Waals surface area contributed by atoms with Crippen molar-refractivity contribution in [3.63, 3.8) is 0 Å². The fourth-order valence-electron chi connectivity index (χ4n) is 3.13. The largest absolute Gasteiger partial charge is 0.396 e. The van der Waals surface area contributed by atoms with E-state index in [1.54, 1.807) is 0 Å². The molecule has 1 heterocycles. The highest BCUT2D eigenvalue weighted by Gasteiger charge is 2.46. The van der Waals surface area contributed by atoms with E-state index >= 15 is 0 Å². The van der Waals surface area contributed by atoms with Crippen LogP contribution in [0.25, 0.3) is 10.4 Å². The Morgan fingerprint density at radius 1 is 1.40 bits per heavy atom. The highest BCUT2D eigenvalue weighted by Crippen LogP contribution is 2.40. The summed E-state index contributed by atoms with van der Waals surface area (Å²) in [4.78, 5) is 8.82. The fraction of sp³-hybridized carbons (Fsp3) is 1.00. The number of azide groups is 1. The summed E-state index contributed by atoms with van der Waals surface area (Å²) in [6, 6.07) is 0. The molecule has 0 aromatic carbocycles. The van der Waals surface area contributed by atoms with E-state index < -0.39 is 0 Å². The summed E-state index contributed by atoms with van der Waals surface area (Å²) in [5, 5.41) is 15.1. The molecule has 1 saturated heterocycles. The second-order valence-electron chi connectivity index (χ2n) is 6.60. The molecule has 1 fully saturated rings. The van der Waals surface area contributed by atoms with Gasteiger partial charge < -0.3 is 5.11 Å². The van der Waals surface area contributed by atoms with Crippen LogP contribution in [0.2, 0.25) is 0 Å². The topological polar surface area (TPSA) is 81.5 Å². The lowest BCUT2D eigenvalue weighted by Crippen LogP contribution is -2.46. The Labute approximate surface area is 121 Å². The summed E-state index contributed by atoms with van der Waals surface area (Å²) in [5.74, 6) is 1.01. The maximum absolute atomic E-state index is 9.45. The van der Waals surface area contributed by atoms with Crippen LogP contribution >= 0.6 is 0 Å². The van der Waals surface area contributed by atoms with Crippen LogP contribution in [0.5, 0.6) is 0 Å². The molecule has 2 atom stereocenters. The predicted octanol–water partition coefficient (Wildman–Crippen LogP) is 3.13. The molecule has 1 aliphatic heterocycles. The number of hydrogen-bond acceptors (Lipinski definition) is 4. The number of aliphatic hydroxyl groups excluding tert-OH is 1. The van der Waals surface area contributed by atoms with Gasteiger partial charge in [-0.3, -0.25) is 4.84 Å². The number of nitrogens with zero attached hydrogens (tertiary/aromatic N) is 4. The van der Waals surface area contributed by atoms with Gasteiger partial charge in [0, 0.05) is 18.1 Å². The summed E-state index contributed by atoms with van der Waals surface area (Å²) in [6.45, 7) is 10.0. The van der Waals surface area contributed by atoms with Crippen molar-refractivity contribution >= 4 is 0 Å². The van der Waals surface area contributed by atoms with Crippen LogP contribution in [0.3, 0.4) is 0 Å². The van der Waals surface area contributed by atoms with Crippen molar-refractivity contribution in [2.24, 2.45) is 17.0 Å². The van der Waals surface area contributed by atoms with Gasteiger partial charge in [-0.25, -0.2) is 0 Å². The molecule has 0 aliphatic carbocycles.